The highest BCUT2D eigenvalue weighted by Crippen LogP contribution is 2.30. The van der Waals surface area contributed by atoms with Crippen molar-refractivity contribution in [3.8, 4) is 0 Å². The Morgan fingerprint density at radius 1 is 1.07 bits per heavy atom. The minimum absolute atomic E-state index is 0.334. The molecule has 13 heteroatoms. The number of amides is 2. The van der Waals surface area contributed by atoms with Crippen LogP contribution in [0, 0.1) is 23.0 Å². The number of allylic oxidation sites excluding steroid dienone is 1. The molecular formula is C29H36N8O5. The van der Waals surface area contributed by atoms with E-state index in [9.17, 15) is 19.7 Å². The second kappa shape index (κ2) is 12.3. The topological polar surface area (TPSA) is 159 Å². The number of aryl methyl sites for hydroxylation is 1. The first kappa shape index (κ1) is 29.2. The number of anilines is 3. The third-order valence-corrected chi connectivity index (χ3v) is 7.92. The molecule has 13 nitrogen and oxygen atoms in total. The molecule has 0 radical (unpaired) electrons. The largest absolute Gasteiger partial charge is 0.378 e. The van der Waals surface area contributed by atoms with Gasteiger partial charge in [0.15, 0.2) is 0 Å². The highest BCUT2D eigenvalue weighted by molar-refractivity contribution is 6.05. The van der Waals surface area contributed by atoms with Gasteiger partial charge in [0.05, 0.1) is 13.2 Å². The van der Waals surface area contributed by atoms with E-state index in [4.69, 9.17) is 10.5 Å². The second-order valence-electron chi connectivity index (χ2n) is 10.8. The molecule has 0 saturated carbocycles. The molecule has 2 saturated heterocycles. The van der Waals surface area contributed by atoms with Gasteiger partial charge in [0, 0.05) is 79.1 Å². The number of carbonyl (C=O) groups excluding carboxylic acids is 2. The SMILES string of the molecule is Cc1ccc(NC(=O)c2ccnc(N3CCOCC3)c2)cc1NC(=O)C1C=C(N2CCN(C)CC2)C=CC1(N)[N+](=O)[O-]. The molecule has 2 atom stereocenters. The number of aromatic nitrogens is 1. The van der Waals surface area contributed by atoms with Gasteiger partial charge in [-0.3, -0.25) is 25.4 Å². The zero-order valence-electron chi connectivity index (χ0n) is 23.8. The summed E-state index contributed by atoms with van der Waals surface area (Å²) in [6, 6.07) is 8.48. The Morgan fingerprint density at radius 2 is 1.81 bits per heavy atom. The molecular weight excluding hydrogens is 540 g/mol. The van der Waals surface area contributed by atoms with Crippen LogP contribution in [0.1, 0.15) is 15.9 Å². The summed E-state index contributed by atoms with van der Waals surface area (Å²) in [5.41, 5.74) is 6.85. The van der Waals surface area contributed by atoms with Gasteiger partial charge in [-0.05, 0) is 56.0 Å². The second-order valence-corrected chi connectivity index (χ2v) is 10.8. The van der Waals surface area contributed by atoms with E-state index in [1.54, 1.807) is 55.6 Å². The van der Waals surface area contributed by atoms with Gasteiger partial charge in [-0.15, -0.1) is 0 Å². The van der Waals surface area contributed by atoms with Gasteiger partial charge in [-0.2, -0.15) is 0 Å². The molecule has 0 spiro atoms. The number of likely N-dealkylation sites (N-methyl/N-ethyl adjacent to an activating group) is 1. The number of nitrogens with one attached hydrogen (secondary N) is 2. The van der Waals surface area contributed by atoms with Crippen LogP contribution in [0.5, 0.6) is 0 Å². The summed E-state index contributed by atoms with van der Waals surface area (Å²) in [7, 11) is 2.04. The van der Waals surface area contributed by atoms with E-state index >= 15 is 0 Å². The minimum Gasteiger partial charge on any atom is -0.378 e. The predicted octanol–water partition coefficient (Wildman–Crippen LogP) is 1.67. The summed E-state index contributed by atoms with van der Waals surface area (Å²) in [6.45, 7) is 7.57. The number of pyridine rings is 1. The lowest BCUT2D eigenvalue weighted by molar-refractivity contribution is -0.559. The fourth-order valence-electron chi connectivity index (χ4n) is 5.19. The Kier molecular flexibility index (Phi) is 8.52. The molecule has 2 fully saturated rings. The summed E-state index contributed by atoms with van der Waals surface area (Å²) in [4.78, 5) is 48.8. The van der Waals surface area contributed by atoms with Crippen LogP contribution in [0.15, 0.2) is 60.5 Å². The van der Waals surface area contributed by atoms with Crippen molar-refractivity contribution in [2.75, 3.05) is 75.1 Å². The molecule has 3 aliphatic rings. The quantitative estimate of drug-likeness (QED) is 0.251. The van der Waals surface area contributed by atoms with Crippen LogP contribution in [-0.4, -0.2) is 96.7 Å². The number of piperazine rings is 1. The molecule has 4 N–H and O–H groups in total. The van der Waals surface area contributed by atoms with E-state index in [-0.39, 0.29) is 5.91 Å². The number of benzene rings is 1. The number of hydrogen-bond acceptors (Lipinski definition) is 10. The number of nitro groups is 1. The van der Waals surface area contributed by atoms with Crippen molar-refractivity contribution >= 4 is 29.0 Å². The zero-order valence-corrected chi connectivity index (χ0v) is 23.8. The van der Waals surface area contributed by atoms with E-state index < -0.39 is 22.4 Å². The maximum absolute atomic E-state index is 13.6. The highest BCUT2D eigenvalue weighted by Gasteiger charge is 2.50. The summed E-state index contributed by atoms with van der Waals surface area (Å²) in [6.07, 6.45) is 6.11. The van der Waals surface area contributed by atoms with Crippen LogP contribution in [0.25, 0.3) is 0 Å². The van der Waals surface area contributed by atoms with E-state index in [1.165, 1.54) is 6.08 Å². The molecule has 2 aliphatic heterocycles. The standard InChI is InChI=1S/C29H36N8O5/c1-20-3-4-22(32-27(38)21-6-8-31-26(17-21)36-13-15-42-16-14-36)18-25(20)33-28(39)24-19-23(5-7-29(24,30)37(40)41)35-11-9-34(2)10-12-35/h3-8,17-19,24H,9-16,30H2,1-2H3,(H,32,38)(H,33,39). The molecule has 1 aromatic heterocycles. The lowest BCUT2D eigenvalue weighted by Crippen LogP contribution is -2.57. The summed E-state index contributed by atoms with van der Waals surface area (Å²) >= 11 is 0. The Bertz CT molecular complexity index is 1410. The minimum atomic E-state index is -2.10. The van der Waals surface area contributed by atoms with E-state index in [0.717, 1.165) is 37.4 Å². The number of rotatable bonds is 7. The monoisotopic (exact) mass is 576 g/mol. The first-order chi connectivity index (χ1) is 20.1. The molecule has 5 rings (SSSR count). The number of morpholine rings is 1. The van der Waals surface area contributed by atoms with Crippen LogP contribution in [0.4, 0.5) is 17.2 Å². The van der Waals surface area contributed by atoms with Crippen molar-refractivity contribution in [1.29, 1.82) is 0 Å². The number of nitrogens with zero attached hydrogens (tertiary/aromatic N) is 5. The van der Waals surface area contributed by atoms with Crippen LogP contribution >= 0.6 is 0 Å². The van der Waals surface area contributed by atoms with Gasteiger partial charge in [-0.1, -0.05) is 6.07 Å². The summed E-state index contributed by atoms with van der Waals surface area (Å²) < 4.78 is 5.40. The Hall–Kier alpha value is -4.33. The Morgan fingerprint density at radius 3 is 2.52 bits per heavy atom. The fraction of sp³-hybridized carbons (Fsp3) is 0.414. The molecule has 0 bridgehead atoms. The van der Waals surface area contributed by atoms with Crippen LogP contribution < -0.4 is 21.3 Å². The van der Waals surface area contributed by atoms with Gasteiger partial charge >= 0.3 is 5.66 Å². The summed E-state index contributed by atoms with van der Waals surface area (Å²) in [5, 5.41) is 17.7. The average Bonchev–Trinajstić information content (AvgIpc) is 3.00. The lowest BCUT2D eigenvalue weighted by atomic mass is 9.86. The third kappa shape index (κ3) is 6.27. The maximum atomic E-state index is 13.6. The van der Waals surface area contributed by atoms with Crippen molar-refractivity contribution in [2.24, 2.45) is 11.7 Å². The molecule has 1 aromatic carbocycles. The van der Waals surface area contributed by atoms with Crippen molar-refractivity contribution in [1.82, 2.24) is 14.8 Å². The molecule has 2 unspecified atom stereocenters. The zero-order chi connectivity index (χ0) is 29.9. The number of hydrogen-bond donors (Lipinski definition) is 3. The van der Waals surface area contributed by atoms with E-state index in [1.807, 2.05) is 7.05 Å². The van der Waals surface area contributed by atoms with Crippen LogP contribution in [-0.2, 0) is 9.53 Å². The maximum Gasteiger partial charge on any atom is 0.307 e. The Balaban J connectivity index is 1.32. The van der Waals surface area contributed by atoms with Crippen LogP contribution in [0.3, 0.4) is 0 Å². The molecule has 3 heterocycles. The van der Waals surface area contributed by atoms with Crippen molar-refractivity contribution in [3.05, 3.63) is 81.7 Å². The van der Waals surface area contributed by atoms with Gasteiger partial charge in [-0.25, -0.2) is 4.98 Å². The fourth-order valence-corrected chi connectivity index (χ4v) is 5.19. The van der Waals surface area contributed by atoms with Crippen molar-refractivity contribution in [3.63, 3.8) is 0 Å². The average molecular weight is 577 g/mol. The Labute approximate surface area is 244 Å². The number of ether oxygens (including phenoxy) is 1. The summed E-state index contributed by atoms with van der Waals surface area (Å²) in [5.74, 6) is -1.50. The predicted molar refractivity (Wildman–Crippen MR) is 159 cm³/mol. The number of nitrogens with two attached hydrogens (primary N) is 1. The lowest BCUT2D eigenvalue weighted by Gasteiger charge is -2.37. The van der Waals surface area contributed by atoms with Gasteiger partial charge in [0.25, 0.3) is 5.91 Å². The molecule has 2 aromatic rings. The van der Waals surface area contributed by atoms with Crippen molar-refractivity contribution < 1.29 is 19.2 Å². The third-order valence-electron chi connectivity index (χ3n) is 7.92. The van der Waals surface area contributed by atoms with Crippen molar-refractivity contribution in [2.45, 2.75) is 12.6 Å². The molecule has 1 aliphatic carbocycles. The van der Waals surface area contributed by atoms with Gasteiger partial charge < -0.3 is 30.1 Å². The molecule has 222 valence electrons. The number of carbonyl (C=O) groups is 2. The first-order valence-electron chi connectivity index (χ1n) is 13.9. The van der Waals surface area contributed by atoms with E-state index in [0.29, 0.717) is 49.1 Å². The first-order valence-corrected chi connectivity index (χ1v) is 13.9. The smallest absolute Gasteiger partial charge is 0.307 e. The van der Waals surface area contributed by atoms with Gasteiger partial charge in [0.2, 0.25) is 5.91 Å². The normalized spacial score (nSPS) is 22.8. The van der Waals surface area contributed by atoms with E-state index in [2.05, 4.69) is 30.3 Å². The molecule has 42 heavy (non-hydrogen) atoms. The highest BCUT2D eigenvalue weighted by atomic mass is 16.6. The molecule has 2 amide bonds. The van der Waals surface area contributed by atoms with Gasteiger partial charge in [0.1, 0.15) is 11.7 Å². The van der Waals surface area contributed by atoms with Crippen LogP contribution in [0.2, 0.25) is 0 Å².